The van der Waals surface area contributed by atoms with E-state index in [1.54, 1.807) is 19.1 Å². The van der Waals surface area contributed by atoms with Gasteiger partial charge in [0.2, 0.25) is 0 Å². The van der Waals surface area contributed by atoms with Crippen molar-refractivity contribution in [3.63, 3.8) is 0 Å². The molecule has 0 spiro atoms. The van der Waals surface area contributed by atoms with Gasteiger partial charge in [-0.25, -0.2) is 4.79 Å². The first-order chi connectivity index (χ1) is 9.08. The molecule has 2 aliphatic heterocycles. The first-order valence-corrected chi connectivity index (χ1v) is 6.71. The van der Waals surface area contributed by atoms with Crippen LogP contribution in [0.2, 0.25) is 0 Å². The molecule has 0 atom stereocenters. The number of ether oxygens (including phenoxy) is 1. The molecule has 3 fully saturated rings. The summed E-state index contributed by atoms with van der Waals surface area (Å²) < 4.78 is 5.48. The molecule has 2 bridgehead atoms. The highest BCUT2D eigenvalue weighted by Gasteiger charge is 2.27. The van der Waals surface area contributed by atoms with Gasteiger partial charge in [0.25, 0.3) is 0 Å². The van der Waals surface area contributed by atoms with Crippen molar-refractivity contribution in [3.05, 3.63) is 29.3 Å². The summed E-state index contributed by atoms with van der Waals surface area (Å²) in [6, 6.07) is 4.62. The van der Waals surface area contributed by atoms with Crippen LogP contribution in [0.4, 0.5) is 0 Å². The molecule has 2 heterocycles. The zero-order chi connectivity index (χ0) is 13.8. The topological polar surface area (TPSA) is 66.8 Å². The molecule has 1 saturated carbocycles. The Morgan fingerprint density at radius 1 is 1.26 bits per heavy atom. The molecule has 104 valence electrons. The number of carboxylic acids is 1. The number of fused-ring (bicyclic) bond motifs is 3. The average molecular weight is 264 g/mol. The Hall–Kier alpha value is -1.55. The molecule has 0 amide bonds. The lowest BCUT2D eigenvalue weighted by Gasteiger charge is -2.35. The van der Waals surface area contributed by atoms with E-state index in [0.29, 0.717) is 11.7 Å². The Balaban J connectivity index is 0.000000146. The van der Waals surface area contributed by atoms with E-state index < -0.39 is 5.97 Å². The van der Waals surface area contributed by atoms with Crippen molar-refractivity contribution in [2.45, 2.75) is 38.7 Å². The van der Waals surface area contributed by atoms with Gasteiger partial charge in [-0.2, -0.15) is 0 Å². The van der Waals surface area contributed by atoms with Crippen molar-refractivity contribution in [1.29, 1.82) is 0 Å². The quantitative estimate of drug-likeness (QED) is 0.818. The normalized spacial score (nSPS) is 24.5. The van der Waals surface area contributed by atoms with Crippen LogP contribution in [0.5, 0.6) is 5.75 Å². The predicted octanol–water partition coefficient (Wildman–Crippen LogP) is 2.97. The zero-order valence-corrected chi connectivity index (χ0v) is 11.1. The van der Waals surface area contributed by atoms with E-state index >= 15 is 0 Å². The predicted molar refractivity (Wildman–Crippen MR) is 71.5 cm³/mol. The van der Waals surface area contributed by atoms with Crippen LogP contribution < -0.4 is 0 Å². The molecule has 4 heteroatoms. The number of aromatic carboxylic acids is 1. The van der Waals surface area contributed by atoms with Crippen LogP contribution in [0.3, 0.4) is 0 Å². The van der Waals surface area contributed by atoms with Gasteiger partial charge in [-0.1, -0.05) is 12.1 Å². The lowest BCUT2D eigenvalue weighted by molar-refractivity contribution is -0.0615. The van der Waals surface area contributed by atoms with Gasteiger partial charge >= 0.3 is 5.97 Å². The number of hydrogen-bond donors (Lipinski definition) is 2. The number of aryl methyl sites for hydroxylation is 1. The number of aromatic hydroxyl groups is 1. The average Bonchev–Trinajstić information content (AvgIpc) is 2.44. The van der Waals surface area contributed by atoms with Crippen LogP contribution in [0.25, 0.3) is 0 Å². The molecule has 4 rings (SSSR count). The van der Waals surface area contributed by atoms with E-state index in [-0.39, 0.29) is 11.3 Å². The summed E-state index contributed by atoms with van der Waals surface area (Å²) in [5.41, 5.74) is 0.523. The lowest BCUT2D eigenvalue weighted by atomic mass is 9.85. The standard InChI is InChI=1S/C8H8O3.C7H12O/c1-5-3-2-4-6(7(5)9)8(10)11;1-3-7-4-2-6(1)5-8-7/h2-4,9H,1H3,(H,10,11);6-7H,1-5H2. The van der Waals surface area contributed by atoms with Gasteiger partial charge in [0, 0.05) is 6.61 Å². The molecule has 1 aromatic carbocycles. The summed E-state index contributed by atoms with van der Waals surface area (Å²) in [6.45, 7) is 2.71. The van der Waals surface area contributed by atoms with E-state index in [2.05, 4.69) is 0 Å². The van der Waals surface area contributed by atoms with Crippen LogP contribution in [0, 0.1) is 12.8 Å². The number of rotatable bonds is 1. The highest BCUT2D eigenvalue weighted by molar-refractivity contribution is 5.91. The minimum atomic E-state index is -1.11. The van der Waals surface area contributed by atoms with E-state index in [1.807, 2.05) is 0 Å². The third-order valence-electron chi connectivity index (χ3n) is 3.83. The monoisotopic (exact) mass is 264 g/mol. The molecule has 0 radical (unpaired) electrons. The Kier molecular flexibility index (Phi) is 4.43. The second-order valence-corrected chi connectivity index (χ2v) is 5.25. The SMILES string of the molecule is C1CC2CCC1CO2.Cc1cccc(C(=O)O)c1O. The van der Waals surface area contributed by atoms with Crippen LogP contribution in [-0.4, -0.2) is 28.9 Å². The van der Waals surface area contributed by atoms with Crippen molar-refractivity contribution in [2.75, 3.05) is 6.61 Å². The zero-order valence-electron chi connectivity index (χ0n) is 11.1. The molecule has 1 aromatic rings. The Morgan fingerprint density at radius 3 is 2.26 bits per heavy atom. The third kappa shape index (κ3) is 3.47. The fraction of sp³-hybridized carbons (Fsp3) is 0.533. The second-order valence-electron chi connectivity index (χ2n) is 5.25. The maximum Gasteiger partial charge on any atom is 0.339 e. The van der Waals surface area contributed by atoms with Crippen LogP contribution in [0.1, 0.15) is 41.6 Å². The number of benzene rings is 1. The van der Waals surface area contributed by atoms with Crippen LogP contribution >= 0.6 is 0 Å². The first kappa shape index (κ1) is 13.9. The first-order valence-electron chi connectivity index (χ1n) is 6.71. The van der Waals surface area contributed by atoms with Crippen molar-refractivity contribution in [1.82, 2.24) is 0 Å². The molecule has 1 aliphatic carbocycles. The molecule has 2 N–H and O–H groups in total. The summed E-state index contributed by atoms with van der Waals surface area (Å²) in [6.07, 6.45) is 6.20. The molecule has 0 aromatic heterocycles. The highest BCUT2D eigenvalue weighted by Crippen LogP contribution is 2.32. The van der Waals surface area contributed by atoms with E-state index in [0.717, 1.165) is 12.5 Å². The molecule has 3 aliphatic rings. The maximum absolute atomic E-state index is 10.4. The number of phenols is 1. The Morgan fingerprint density at radius 2 is 1.95 bits per heavy atom. The van der Waals surface area contributed by atoms with Crippen molar-refractivity contribution in [3.8, 4) is 5.75 Å². The van der Waals surface area contributed by atoms with Gasteiger partial charge in [0.15, 0.2) is 0 Å². The Bertz CT molecular complexity index is 424. The molecular weight excluding hydrogens is 244 g/mol. The largest absolute Gasteiger partial charge is 0.507 e. The summed E-state index contributed by atoms with van der Waals surface area (Å²) in [5.74, 6) is -0.328. The van der Waals surface area contributed by atoms with Crippen molar-refractivity contribution in [2.24, 2.45) is 5.92 Å². The lowest BCUT2D eigenvalue weighted by Crippen LogP contribution is -2.32. The van der Waals surface area contributed by atoms with Gasteiger partial charge in [0.05, 0.1) is 6.10 Å². The van der Waals surface area contributed by atoms with Gasteiger partial charge < -0.3 is 14.9 Å². The number of hydrogen-bond acceptors (Lipinski definition) is 3. The van der Waals surface area contributed by atoms with Gasteiger partial charge in [-0.15, -0.1) is 0 Å². The molecular formula is C15H20O4. The maximum atomic E-state index is 10.4. The smallest absolute Gasteiger partial charge is 0.339 e. The van der Waals surface area contributed by atoms with Crippen LogP contribution in [0.15, 0.2) is 18.2 Å². The van der Waals surface area contributed by atoms with Gasteiger partial charge in [-0.05, 0) is 50.2 Å². The van der Waals surface area contributed by atoms with Crippen molar-refractivity contribution < 1.29 is 19.7 Å². The Labute approximate surface area is 113 Å². The molecule has 2 saturated heterocycles. The molecule has 4 nitrogen and oxygen atoms in total. The summed E-state index contributed by atoms with van der Waals surface area (Å²) in [5, 5.41) is 17.7. The summed E-state index contributed by atoms with van der Waals surface area (Å²) in [7, 11) is 0. The second kappa shape index (κ2) is 6.06. The van der Waals surface area contributed by atoms with E-state index in [9.17, 15) is 9.90 Å². The number of carboxylic acid groups (broad SMARTS) is 1. The van der Waals surface area contributed by atoms with Gasteiger partial charge in [0.1, 0.15) is 11.3 Å². The third-order valence-corrected chi connectivity index (χ3v) is 3.83. The van der Waals surface area contributed by atoms with Crippen molar-refractivity contribution >= 4 is 5.97 Å². The molecule has 0 unspecified atom stereocenters. The minimum Gasteiger partial charge on any atom is -0.507 e. The number of carbonyl (C=O) groups is 1. The van der Waals surface area contributed by atoms with E-state index in [1.165, 1.54) is 31.7 Å². The number of para-hydroxylation sites is 1. The molecule has 19 heavy (non-hydrogen) atoms. The summed E-state index contributed by atoms with van der Waals surface area (Å²) >= 11 is 0. The fourth-order valence-corrected chi connectivity index (χ4v) is 2.57. The highest BCUT2D eigenvalue weighted by atomic mass is 16.5. The van der Waals surface area contributed by atoms with Crippen LogP contribution in [-0.2, 0) is 4.74 Å². The van der Waals surface area contributed by atoms with E-state index in [4.69, 9.17) is 9.84 Å². The van der Waals surface area contributed by atoms with Gasteiger partial charge in [-0.3, -0.25) is 0 Å². The minimum absolute atomic E-state index is 0.0509. The summed E-state index contributed by atoms with van der Waals surface area (Å²) in [4.78, 5) is 10.4. The fourth-order valence-electron chi connectivity index (χ4n) is 2.57.